The number of carbonyl (C=O) groups excluding carboxylic acids is 1. The number of halogens is 1. The average Bonchev–Trinajstić information content (AvgIpc) is 3.00. The van der Waals surface area contributed by atoms with Crippen LogP contribution in [0.4, 0.5) is 11.4 Å². The molecule has 0 radical (unpaired) electrons. The second-order valence-corrected chi connectivity index (χ2v) is 16.3. The lowest BCUT2D eigenvalue weighted by Gasteiger charge is -2.31. The molecule has 0 saturated carbocycles. The first-order valence-corrected chi connectivity index (χ1v) is 17.9. The van der Waals surface area contributed by atoms with Gasteiger partial charge in [0.15, 0.2) is 0 Å². The van der Waals surface area contributed by atoms with Crippen LogP contribution in [0.3, 0.4) is 0 Å². The molecule has 0 bridgehead atoms. The third-order valence-corrected chi connectivity index (χ3v) is 9.93. The first-order chi connectivity index (χ1) is 23.2. The molecule has 1 amide bonds. The Morgan fingerprint density at radius 2 is 1.38 bits per heavy atom. The molecule has 4 aromatic carbocycles. The van der Waals surface area contributed by atoms with Crippen molar-refractivity contribution < 1.29 is 28.6 Å². The molecule has 0 spiro atoms. The monoisotopic (exact) mass is 718 g/mol. The first kappa shape index (κ1) is 38.6. The van der Waals surface area contributed by atoms with Crippen molar-refractivity contribution in [3.05, 3.63) is 122 Å². The van der Waals surface area contributed by atoms with Gasteiger partial charge in [0.05, 0.1) is 12.2 Å². The van der Waals surface area contributed by atoms with Gasteiger partial charge in [-0.25, -0.2) is 9.00 Å². The van der Waals surface area contributed by atoms with Crippen LogP contribution in [0.5, 0.6) is 5.75 Å². The standard InChI is InChI=1S/C40H47ClN2O6S/c1-24-16-25(2)37(26(3)34(24)19-27-10-12-31(41)13-11-27)43(50(48)49)23-36(45)42(32-14-15-33(38(46)47)35(44)21-32)22-28-17-29(39(4,5)6)20-30(18-28)40(7,8)9/h10-18,20-21,44H,19,22-23H2,1-9H3,(H,46,47)(H,48,49). The molecule has 1 unspecified atom stereocenters. The molecule has 4 rings (SSSR count). The van der Waals surface area contributed by atoms with E-state index < -0.39 is 35.4 Å². The van der Waals surface area contributed by atoms with Gasteiger partial charge in [-0.15, -0.1) is 0 Å². The lowest BCUT2D eigenvalue weighted by atomic mass is 9.79. The Labute approximate surface area is 303 Å². The van der Waals surface area contributed by atoms with E-state index in [-0.39, 0.29) is 28.6 Å². The number of benzene rings is 4. The van der Waals surface area contributed by atoms with Gasteiger partial charge in [-0.05, 0) is 107 Å². The lowest BCUT2D eigenvalue weighted by Crippen LogP contribution is -2.41. The fourth-order valence-electron chi connectivity index (χ4n) is 6.12. The first-order valence-electron chi connectivity index (χ1n) is 16.4. The van der Waals surface area contributed by atoms with Crippen molar-refractivity contribution in [2.75, 3.05) is 15.7 Å². The van der Waals surface area contributed by atoms with Crippen molar-refractivity contribution >= 4 is 46.1 Å². The zero-order chi connectivity index (χ0) is 37.3. The molecule has 0 fully saturated rings. The number of carboxylic acid groups (broad SMARTS) is 1. The topological polar surface area (TPSA) is 118 Å². The second-order valence-electron chi connectivity index (χ2n) is 14.9. The summed E-state index contributed by atoms with van der Waals surface area (Å²) in [6, 6.07) is 19.7. The molecule has 4 aromatic rings. The number of aromatic carboxylic acids is 1. The normalized spacial score (nSPS) is 12.5. The minimum atomic E-state index is -2.58. The van der Waals surface area contributed by atoms with Crippen molar-refractivity contribution in [2.45, 2.75) is 86.1 Å². The maximum absolute atomic E-state index is 14.5. The number of carbonyl (C=O) groups is 2. The van der Waals surface area contributed by atoms with Crippen LogP contribution in [0.1, 0.15) is 96.4 Å². The third-order valence-electron chi connectivity index (χ3n) is 8.99. The van der Waals surface area contributed by atoms with Gasteiger partial charge >= 0.3 is 5.97 Å². The molecule has 1 atom stereocenters. The summed E-state index contributed by atoms with van der Waals surface area (Å²) < 4.78 is 24.9. The van der Waals surface area contributed by atoms with E-state index in [1.165, 1.54) is 27.4 Å². The summed E-state index contributed by atoms with van der Waals surface area (Å²) in [5, 5.41) is 20.8. The number of aryl methyl sites for hydroxylation is 2. The van der Waals surface area contributed by atoms with E-state index in [0.717, 1.165) is 44.5 Å². The van der Waals surface area contributed by atoms with Gasteiger partial charge in [-0.3, -0.25) is 13.7 Å². The van der Waals surface area contributed by atoms with Crippen LogP contribution in [-0.4, -0.2) is 37.4 Å². The van der Waals surface area contributed by atoms with Crippen LogP contribution in [0.15, 0.2) is 66.7 Å². The smallest absolute Gasteiger partial charge is 0.339 e. The summed E-state index contributed by atoms with van der Waals surface area (Å²) in [7, 11) is 0. The van der Waals surface area contributed by atoms with Crippen molar-refractivity contribution in [3.63, 3.8) is 0 Å². The minimum absolute atomic E-state index is 0.0667. The zero-order valence-corrected chi connectivity index (χ0v) is 31.8. The van der Waals surface area contributed by atoms with Gasteiger partial charge in [-0.2, -0.15) is 0 Å². The maximum Gasteiger partial charge on any atom is 0.339 e. The molecule has 0 aliphatic rings. The van der Waals surface area contributed by atoms with Gasteiger partial charge in [-0.1, -0.05) is 89.5 Å². The van der Waals surface area contributed by atoms with E-state index >= 15 is 0 Å². The van der Waals surface area contributed by atoms with Gasteiger partial charge in [0, 0.05) is 16.8 Å². The number of anilines is 2. The quantitative estimate of drug-likeness (QED) is 0.141. The predicted molar refractivity (Wildman–Crippen MR) is 203 cm³/mol. The number of aromatic hydroxyl groups is 1. The molecule has 266 valence electrons. The molecule has 0 aromatic heterocycles. The van der Waals surface area contributed by atoms with Crippen LogP contribution in [0.2, 0.25) is 5.02 Å². The van der Waals surface area contributed by atoms with Gasteiger partial charge < -0.3 is 15.1 Å². The molecule has 50 heavy (non-hydrogen) atoms. The highest BCUT2D eigenvalue weighted by atomic mass is 35.5. The minimum Gasteiger partial charge on any atom is -0.507 e. The molecule has 0 heterocycles. The Balaban J connectivity index is 1.82. The summed E-state index contributed by atoms with van der Waals surface area (Å²) in [6.07, 6.45) is 0.559. The zero-order valence-electron chi connectivity index (χ0n) is 30.2. The Bertz CT molecular complexity index is 1910. The van der Waals surface area contributed by atoms with E-state index in [4.69, 9.17) is 11.6 Å². The SMILES string of the molecule is Cc1cc(C)c(N(CC(=O)N(Cc2cc(C(C)(C)C)cc(C(C)(C)C)c2)c2ccc(C(=O)O)c(O)c2)S(=O)O)c(C)c1Cc1ccc(Cl)cc1. The third kappa shape index (κ3) is 8.94. The summed E-state index contributed by atoms with van der Waals surface area (Å²) in [5.74, 6) is -2.32. The second kappa shape index (κ2) is 15.0. The largest absolute Gasteiger partial charge is 0.507 e. The highest BCUT2D eigenvalue weighted by Crippen LogP contribution is 2.35. The molecule has 3 N–H and O–H groups in total. The fraction of sp³-hybridized carbons (Fsp3) is 0.350. The van der Waals surface area contributed by atoms with E-state index in [1.807, 2.05) is 63.2 Å². The summed E-state index contributed by atoms with van der Waals surface area (Å²) in [6.45, 7) is 18.0. The Morgan fingerprint density at radius 3 is 1.88 bits per heavy atom. The van der Waals surface area contributed by atoms with Crippen molar-refractivity contribution in [2.24, 2.45) is 0 Å². The Kier molecular flexibility index (Phi) is 11.6. The molecule has 0 aliphatic heterocycles. The summed E-state index contributed by atoms with van der Waals surface area (Å²) >= 11 is 3.53. The van der Waals surface area contributed by atoms with E-state index in [9.17, 15) is 28.6 Å². The van der Waals surface area contributed by atoms with Crippen molar-refractivity contribution in [1.82, 2.24) is 0 Å². The van der Waals surface area contributed by atoms with Crippen LogP contribution in [-0.2, 0) is 39.9 Å². The summed E-state index contributed by atoms with van der Waals surface area (Å²) in [5.41, 5.74) is 7.52. The van der Waals surface area contributed by atoms with Crippen LogP contribution < -0.4 is 9.21 Å². The number of nitrogens with zero attached hydrogens (tertiary/aromatic N) is 2. The molecule has 0 saturated heterocycles. The Hall–Kier alpha value is -4.18. The number of hydrogen-bond donors (Lipinski definition) is 3. The van der Waals surface area contributed by atoms with E-state index in [1.54, 1.807) is 0 Å². The van der Waals surface area contributed by atoms with Crippen LogP contribution in [0, 0.1) is 20.8 Å². The number of hydrogen-bond acceptors (Lipinski definition) is 4. The lowest BCUT2D eigenvalue weighted by molar-refractivity contribution is -0.117. The number of rotatable bonds is 10. The van der Waals surface area contributed by atoms with Gasteiger partial charge in [0.2, 0.25) is 5.91 Å². The Morgan fingerprint density at radius 1 is 0.800 bits per heavy atom. The highest BCUT2D eigenvalue weighted by molar-refractivity contribution is 7.80. The number of carboxylic acids is 1. The number of amides is 1. The highest BCUT2D eigenvalue weighted by Gasteiger charge is 2.28. The fourth-order valence-corrected chi connectivity index (χ4v) is 6.91. The van der Waals surface area contributed by atoms with E-state index in [2.05, 4.69) is 47.6 Å². The molecule has 8 nitrogen and oxygen atoms in total. The maximum atomic E-state index is 14.5. The molecule has 0 aliphatic carbocycles. The molecule has 10 heteroatoms. The van der Waals surface area contributed by atoms with Crippen LogP contribution in [0.25, 0.3) is 0 Å². The molecular weight excluding hydrogens is 672 g/mol. The molecular formula is C40H47ClN2O6S. The van der Waals surface area contributed by atoms with Crippen molar-refractivity contribution in [3.8, 4) is 5.75 Å². The summed E-state index contributed by atoms with van der Waals surface area (Å²) in [4.78, 5) is 27.6. The predicted octanol–water partition coefficient (Wildman–Crippen LogP) is 9.03. The number of phenols is 1. The van der Waals surface area contributed by atoms with Gasteiger partial charge in [0.25, 0.3) is 11.3 Å². The van der Waals surface area contributed by atoms with Crippen LogP contribution >= 0.6 is 11.6 Å². The van der Waals surface area contributed by atoms with Crippen molar-refractivity contribution in [1.29, 1.82) is 0 Å². The van der Waals surface area contributed by atoms with E-state index in [0.29, 0.717) is 17.1 Å². The average molecular weight is 719 g/mol. The van der Waals surface area contributed by atoms with Gasteiger partial charge in [0.1, 0.15) is 17.9 Å².